The van der Waals surface area contributed by atoms with E-state index in [-0.39, 0.29) is 11.3 Å². The van der Waals surface area contributed by atoms with Gasteiger partial charge in [0.15, 0.2) is 11.8 Å². The molecule has 1 amide bonds. The number of nitrogens with one attached hydrogen (secondary N) is 2. The molecule has 0 aliphatic carbocycles. The Hall–Kier alpha value is -4.54. The molecular weight excluding hydrogens is 494 g/mol. The van der Waals surface area contributed by atoms with Crippen molar-refractivity contribution in [3.63, 3.8) is 0 Å². The van der Waals surface area contributed by atoms with Crippen LogP contribution in [-0.4, -0.2) is 60.1 Å². The summed E-state index contributed by atoms with van der Waals surface area (Å²) in [5.41, 5.74) is -0.200. The van der Waals surface area contributed by atoms with Crippen LogP contribution < -0.4 is 10.6 Å². The van der Waals surface area contributed by atoms with Crippen molar-refractivity contribution in [1.29, 1.82) is 5.26 Å². The van der Waals surface area contributed by atoms with Crippen LogP contribution in [0.2, 0.25) is 0 Å². The van der Waals surface area contributed by atoms with Gasteiger partial charge in [-0.2, -0.15) is 15.5 Å². The summed E-state index contributed by atoms with van der Waals surface area (Å²) in [7, 11) is 0. The number of anilines is 2. The molecule has 4 heterocycles. The number of amides is 1. The second kappa shape index (κ2) is 10.2. The van der Waals surface area contributed by atoms with Gasteiger partial charge in [0.25, 0.3) is 12.3 Å². The fourth-order valence-corrected chi connectivity index (χ4v) is 3.34. The topological polar surface area (TPSA) is 126 Å². The lowest BCUT2D eigenvalue weighted by Gasteiger charge is -2.20. The van der Waals surface area contributed by atoms with Crippen molar-refractivity contribution in [3.8, 4) is 17.5 Å². The largest absolute Gasteiger partial charge is 0.352 e. The molecule has 0 fully saturated rings. The van der Waals surface area contributed by atoms with Crippen LogP contribution in [-0.2, 0) is 6.54 Å². The maximum absolute atomic E-state index is 14.1. The Balaban J connectivity index is 1.69. The number of nitrogens with zero attached hydrogens (tertiary/aromatic N) is 7. The maximum Gasteiger partial charge on any atom is 0.257 e. The lowest BCUT2D eigenvalue weighted by atomic mass is 10.1. The molecule has 0 radical (unpaired) electrons. The number of hydrogen-bond donors (Lipinski definition) is 2. The monoisotopic (exact) mass is 515 g/mol. The van der Waals surface area contributed by atoms with Crippen LogP contribution in [0.15, 0.2) is 43.1 Å². The van der Waals surface area contributed by atoms with Gasteiger partial charge < -0.3 is 10.6 Å². The third kappa shape index (κ3) is 5.83. The van der Waals surface area contributed by atoms with Gasteiger partial charge in [0, 0.05) is 18.5 Å². The molecule has 37 heavy (non-hydrogen) atoms. The first-order chi connectivity index (χ1) is 17.5. The summed E-state index contributed by atoms with van der Waals surface area (Å²) >= 11 is 0. The van der Waals surface area contributed by atoms with Crippen LogP contribution in [0.5, 0.6) is 0 Å². The van der Waals surface area contributed by atoms with Crippen LogP contribution in [0.25, 0.3) is 17.0 Å². The van der Waals surface area contributed by atoms with Gasteiger partial charge in [-0.3, -0.25) is 14.5 Å². The number of aromatic nitrogens is 6. The summed E-state index contributed by atoms with van der Waals surface area (Å²) in [4.78, 5) is 21.4. The predicted molar refractivity (Wildman–Crippen MR) is 125 cm³/mol. The van der Waals surface area contributed by atoms with E-state index in [1.54, 1.807) is 0 Å². The second-order valence-electron chi connectivity index (χ2n) is 8.59. The van der Waals surface area contributed by atoms with E-state index < -0.39 is 37.3 Å². The van der Waals surface area contributed by atoms with Crippen molar-refractivity contribution in [1.82, 2.24) is 34.7 Å². The van der Waals surface area contributed by atoms with E-state index in [2.05, 4.69) is 30.8 Å². The Kier molecular flexibility index (Phi) is 7.05. The van der Waals surface area contributed by atoms with E-state index in [1.807, 2.05) is 6.07 Å². The van der Waals surface area contributed by atoms with Crippen molar-refractivity contribution in [3.05, 3.63) is 54.2 Å². The number of imidazole rings is 1. The van der Waals surface area contributed by atoms with Gasteiger partial charge in [-0.05, 0) is 19.9 Å². The third-order valence-corrected chi connectivity index (χ3v) is 5.33. The molecule has 0 aromatic carbocycles. The zero-order chi connectivity index (χ0) is 26.7. The first-order valence-electron chi connectivity index (χ1n) is 11.0. The number of hydrogen-bond acceptors (Lipinski definition) is 7. The Morgan fingerprint density at radius 2 is 1.92 bits per heavy atom. The van der Waals surface area contributed by atoms with Crippen LogP contribution in [0.4, 0.5) is 28.9 Å². The van der Waals surface area contributed by atoms with Gasteiger partial charge in [0.05, 0.1) is 53.3 Å². The molecule has 4 aromatic heterocycles. The van der Waals surface area contributed by atoms with Crippen molar-refractivity contribution >= 4 is 22.9 Å². The fraction of sp³-hybridized carbons (Fsp3) is 0.304. The smallest absolute Gasteiger partial charge is 0.257 e. The number of halogens is 4. The molecule has 1 atom stereocenters. The van der Waals surface area contributed by atoms with E-state index in [0.29, 0.717) is 28.3 Å². The highest BCUT2D eigenvalue weighted by Crippen LogP contribution is 2.27. The minimum absolute atomic E-state index is 0.0113. The molecule has 0 aliphatic rings. The van der Waals surface area contributed by atoms with Crippen molar-refractivity contribution in [2.75, 3.05) is 11.9 Å². The van der Waals surface area contributed by atoms with Crippen molar-refractivity contribution in [2.45, 2.75) is 38.7 Å². The molecule has 0 bridgehead atoms. The molecule has 0 aliphatic heterocycles. The third-order valence-electron chi connectivity index (χ3n) is 5.33. The van der Waals surface area contributed by atoms with Gasteiger partial charge in [0.2, 0.25) is 0 Å². The van der Waals surface area contributed by atoms with Gasteiger partial charge in [0.1, 0.15) is 24.0 Å². The first kappa shape index (κ1) is 25.5. The van der Waals surface area contributed by atoms with E-state index in [9.17, 15) is 22.4 Å². The zero-order valence-corrected chi connectivity index (χ0v) is 19.7. The van der Waals surface area contributed by atoms with Gasteiger partial charge in [-0.1, -0.05) is 0 Å². The summed E-state index contributed by atoms with van der Waals surface area (Å²) < 4.78 is 55.8. The molecule has 0 saturated carbocycles. The zero-order valence-electron chi connectivity index (χ0n) is 19.7. The standard InChI is InChI=1S/C23H21F4N9O/c1-23(2,27)19(24)10-31-22(37)15-8-29-17(18-9-30-21-3-13(5-28)6-33-36(18)21)4-16(15)34-14-7-32-35(11-14)12-20(25)26/h3-4,6-9,11,19-20H,10,12H2,1-2H3,(H,29,34)(H,31,37)/t19-/m1/s1. The summed E-state index contributed by atoms with van der Waals surface area (Å²) in [6.45, 7) is 0.932. The average molecular weight is 515 g/mol. The van der Waals surface area contributed by atoms with E-state index in [4.69, 9.17) is 5.26 Å². The van der Waals surface area contributed by atoms with Gasteiger partial charge in [-0.25, -0.2) is 27.1 Å². The summed E-state index contributed by atoms with van der Waals surface area (Å²) in [5, 5.41) is 22.4. The van der Waals surface area contributed by atoms with Crippen LogP contribution in [0.1, 0.15) is 29.8 Å². The predicted octanol–water partition coefficient (Wildman–Crippen LogP) is 3.68. The lowest BCUT2D eigenvalue weighted by Crippen LogP contribution is -2.39. The molecule has 0 saturated heterocycles. The molecule has 2 N–H and O–H groups in total. The summed E-state index contributed by atoms with van der Waals surface area (Å²) in [5.74, 6) is -0.733. The molecule has 0 unspecified atom stereocenters. The number of carbonyl (C=O) groups is 1. The molecule has 0 spiro atoms. The summed E-state index contributed by atoms with van der Waals surface area (Å²) in [6.07, 6.45) is 2.13. The number of fused-ring (bicyclic) bond motifs is 1. The number of alkyl halides is 4. The highest BCUT2D eigenvalue weighted by Gasteiger charge is 2.29. The van der Waals surface area contributed by atoms with Crippen molar-refractivity contribution in [2.24, 2.45) is 0 Å². The Morgan fingerprint density at radius 1 is 1.14 bits per heavy atom. The molecular formula is C23H21F4N9O. The van der Waals surface area contributed by atoms with Crippen LogP contribution in [0.3, 0.4) is 0 Å². The lowest BCUT2D eigenvalue weighted by molar-refractivity contribution is 0.0759. The molecule has 4 rings (SSSR count). The van der Waals surface area contributed by atoms with Gasteiger partial charge in [-0.15, -0.1) is 0 Å². The number of rotatable bonds is 9. The maximum atomic E-state index is 14.1. The number of pyridine rings is 1. The van der Waals surface area contributed by atoms with Crippen LogP contribution in [0, 0.1) is 11.3 Å². The molecule has 4 aromatic rings. The average Bonchev–Trinajstić information content (AvgIpc) is 3.47. The van der Waals surface area contributed by atoms with E-state index >= 15 is 0 Å². The van der Waals surface area contributed by atoms with E-state index in [1.165, 1.54) is 47.6 Å². The Bertz CT molecular complexity index is 1470. The quantitative estimate of drug-likeness (QED) is 0.326. The minimum atomic E-state index is -2.61. The SMILES string of the molecule is CC(C)(F)[C@H](F)CNC(=O)c1cnc(-c2cnc3cc(C#N)cnn23)cc1Nc1cnn(CC(F)F)c1. The first-order valence-corrected chi connectivity index (χ1v) is 11.0. The normalized spacial score (nSPS) is 12.5. The second-order valence-corrected chi connectivity index (χ2v) is 8.59. The summed E-state index contributed by atoms with van der Waals surface area (Å²) in [6, 6.07) is 5.01. The number of carbonyl (C=O) groups excluding carboxylic acids is 1. The molecule has 14 heteroatoms. The molecule has 10 nitrogen and oxygen atoms in total. The van der Waals surface area contributed by atoms with E-state index in [0.717, 1.165) is 18.5 Å². The highest BCUT2D eigenvalue weighted by atomic mass is 19.3. The van der Waals surface area contributed by atoms with Crippen molar-refractivity contribution < 1.29 is 22.4 Å². The Labute approximate surface area is 207 Å². The van der Waals surface area contributed by atoms with Gasteiger partial charge >= 0.3 is 0 Å². The molecule has 192 valence electrons. The van der Waals surface area contributed by atoms with Crippen LogP contribution >= 0.6 is 0 Å². The highest BCUT2D eigenvalue weighted by molar-refractivity contribution is 6.00. The number of nitriles is 1. The Morgan fingerprint density at radius 3 is 2.62 bits per heavy atom. The minimum Gasteiger partial charge on any atom is -0.352 e. The fourth-order valence-electron chi connectivity index (χ4n) is 3.34.